The van der Waals surface area contributed by atoms with E-state index in [2.05, 4.69) is 15.1 Å². The highest BCUT2D eigenvalue weighted by Gasteiger charge is 2.38. The molecule has 0 bridgehead atoms. The molecule has 1 N–H and O–H groups in total. The Morgan fingerprint density at radius 3 is 2.61 bits per heavy atom. The molecule has 2 saturated heterocycles. The molecule has 0 aliphatic carbocycles. The van der Waals surface area contributed by atoms with Crippen LogP contribution >= 0.6 is 0 Å². The van der Waals surface area contributed by atoms with Crippen molar-refractivity contribution in [1.82, 2.24) is 15.1 Å². The summed E-state index contributed by atoms with van der Waals surface area (Å²) in [6, 6.07) is 4.99. The Labute approximate surface area is 177 Å². The average Bonchev–Trinajstić information content (AvgIpc) is 2.72. The first-order valence-corrected chi connectivity index (χ1v) is 10.0. The van der Waals surface area contributed by atoms with Gasteiger partial charge in [-0.2, -0.15) is 13.2 Å². The van der Waals surface area contributed by atoms with Crippen LogP contribution in [0.25, 0.3) is 11.3 Å². The van der Waals surface area contributed by atoms with E-state index < -0.39 is 17.5 Å². The van der Waals surface area contributed by atoms with E-state index in [1.165, 1.54) is 6.92 Å². The van der Waals surface area contributed by atoms with Gasteiger partial charge in [0.25, 0.3) is 0 Å². The number of aryl methyl sites for hydroxylation is 1. The minimum atomic E-state index is -4.54. The number of amides is 1. The largest absolute Gasteiger partial charge is 0.507 e. The summed E-state index contributed by atoms with van der Waals surface area (Å²) in [5.41, 5.74) is -0.161. The molecule has 10 heteroatoms. The molecule has 4 rings (SSSR count). The van der Waals surface area contributed by atoms with Crippen molar-refractivity contribution in [2.75, 3.05) is 31.1 Å². The molecule has 1 aromatic carbocycles. The number of likely N-dealkylation sites (tertiary alicyclic amines) is 1. The smallest absolute Gasteiger partial charge is 0.416 e. The van der Waals surface area contributed by atoms with Crippen LogP contribution in [0.2, 0.25) is 0 Å². The summed E-state index contributed by atoms with van der Waals surface area (Å²) in [5.74, 6) is 0.111. The zero-order chi connectivity index (χ0) is 22.3. The molecule has 2 aliphatic heterocycles. The first kappa shape index (κ1) is 21.4. The van der Waals surface area contributed by atoms with Crippen molar-refractivity contribution < 1.29 is 27.8 Å². The number of ether oxygens (including phenoxy) is 1. The van der Waals surface area contributed by atoms with E-state index in [1.54, 1.807) is 24.0 Å². The maximum Gasteiger partial charge on any atom is 0.416 e. The SMILES string of the molecule is CC(=O)N1CC[C@H]2OCCN(c3ccc(-c4c(C)cc(C(F)(F)F)cc4O)nn3)[C@H]2C1. The molecule has 2 fully saturated rings. The lowest BCUT2D eigenvalue weighted by atomic mass is 9.98. The Morgan fingerprint density at radius 1 is 1.23 bits per heavy atom. The fourth-order valence-corrected chi connectivity index (χ4v) is 4.32. The van der Waals surface area contributed by atoms with Gasteiger partial charge >= 0.3 is 6.18 Å². The number of carbonyl (C=O) groups is 1. The van der Waals surface area contributed by atoms with Crippen LogP contribution in [0, 0.1) is 6.92 Å². The highest BCUT2D eigenvalue weighted by molar-refractivity contribution is 5.73. The number of phenols is 1. The molecule has 2 aliphatic rings. The number of aromatic hydroxyl groups is 1. The number of benzene rings is 1. The van der Waals surface area contributed by atoms with Crippen molar-refractivity contribution in [2.24, 2.45) is 0 Å². The fraction of sp³-hybridized carbons (Fsp3) is 0.476. The molecule has 2 atom stereocenters. The number of halogens is 3. The third kappa shape index (κ3) is 4.16. The van der Waals surface area contributed by atoms with E-state index >= 15 is 0 Å². The molecule has 0 unspecified atom stereocenters. The topological polar surface area (TPSA) is 78.8 Å². The van der Waals surface area contributed by atoms with E-state index in [-0.39, 0.29) is 34.9 Å². The predicted molar refractivity (Wildman–Crippen MR) is 107 cm³/mol. The second kappa shape index (κ2) is 7.99. The first-order chi connectivity index (χ1) is 14.6. The second-order valence-electron chi connectivity index (χ2n) is 7.89. The van der Waals surface area contributed by atoms with E-state index in [0.717, 1.165) is 12.5 Å². The number of alkyl halides is 3. The molecular weight excluding hydrogens is 413 g/mol. The van der Waals surface area contributed by atoms with Crippen LogP contribution in [0.4, 0.5) is 19.0 Å². The highest BCUT2D eigenvalue weighted by atomic mass is 19.4. The Kier molecular flexibility index (Phi) is 5.50. The number of morpholine rings is 1. The normalized spacial score (nSPS) is 21.7. The second-order valence-corrected chi connectivity index (χ2v) is 7.89. The number of phenolic OH excluding ortho intramolecular Hbond substituents is 1. The molecular formula is C21H23F3N4O3. The Hall–Kier alpha value is -2.88. The van der Waals surface area contributed by atoms with Crippen molar-refractivity contribution in [3.63, 3.8) is 0 Å². The number of nitrogens with zero attached hydrogens (tertiary/aromatic N) is 4. The summed E-state index contributed by atoms with van der Waals surface area (Å²) < 4.78 is 44.8. The van der Waals surface area contributed by atoms with Crippen LogP contribution in [0.5, 0.6) is 5.75 Å². The molecule has 0 saturated carbocycles. The van der Waals surface area contributed by atoms with Gasteiger partial charge in [-0.05, 0) is 43.2 Å². The summed E-state index contributed by atoms with van der Waals surface area (Å²) in [7, 11) is 0. The van der Waals surface area contributed by atoms with Crippen molar-refractivity contribution in [1.29, 1.82) is 0 Å². The molecule has 1 amide bonds. The van der Waals surface area contributed by atoms with Gasteiger partial charge in [0.05, 0.1) is 30.0 Å². The van der Waals surface area contributed by atoms with Crippen LogP contribution in [0.3, 0.4) is 0 Å². The van der Waals surface area contributed by atoms with Gasteiger partial charge in [0.15, 0.2) is 5.82 Å². The lowest BCUT2D eigenvalue weighted by Gasteiger charge is -2.47. The quantitative estimate of drug-likeness (QED) is 0.780. The van der Waals surface area contributed by atoms with E-state index in [4.69, 9.17) is 4.74 Å². The number of rotatable bonds is 2. The van der Waals surface area contributed by atoms with Gasteiger partial charge in [0.2, 0.25) is 5.91 Å². The zero-order valence-electron chi connectivity index (χ0n) is 17.2. The summed E-state index contributed by atoms with van der Waals surface area (Å²) in [6.07, 6.45) is -3.81. The number of anilines is 1. The summed E-state index contributed by atoms with van der Waals surface area (Å²) >= 11 is 0. The van der Waals surface area contributed by atoms with E-state index in [1.807, 2.05) is 0 Å². The van der Waals surface area contributed by atoms with E-state index in [0.29, 0.717) is 38.1 Å². The molecule has 7 nitrogen and oxygen atoms in total. The van der Waals surface area contributed by atoms with Crippen molar-refractivity contribution in [2.45, 2.75) is 38.6 Å². The molecule has 0 spiro atoms. The zero-order valence-corrected chi connectivity index (χ0v) is 17.2. The highest BCUT2D eigenvalue weighted by Crippen LogP contribution is 2.38. The monoisotopic (exact) mass is 436 g/mol. The van der Waals surface area contributed by atoms with Gasteiger partial charge in [-0.3, -0.25) is 4.79 Å². The summed E-state index contributed by atoms with van der Waals surface area (Å²) in [4.78, 5) is 15.7. The van der Waals surface area contributed by atoms with Crippen LogP contribution < -0.4 is 4.90 Å². The third-order valence-corrected chi connectivity index (χ3v) is 5.87. The van der Waals surface area contributed by atoms with Gasteiger partial charge in [-0.15, -0.1) is 10.2 Å². The van der Waals surface area contributed by atoms with Gasteiger partial charge in [-0.1, -0.05) is 0 Å². The van der Waals surface area contributed by atoms with Crippen molar-refractivity contribution >= 4 is 11.7 Å². The Morgan fingerprint density at radius 2 is 2.00 bits per heavy atom. The predicted octanol–water partition coefficient (Wildman–Crippen LogP) is 3.00. The number of aromatic nitrogens is 2. The molecule has 2 aromatic rings. The number of piperidine rings is 1. The Balaban J connectivity index is 1.60. The van der Waals surface area contributed by atoms with Gasteiger partial charge < -0.3 is 19.6 Å². The Bertz CT molecular complexity index is 958. The number of hydrogen-bond acceptors (Lipinski definition) is 6. The summed E-state index contributed by atoms with van der Waals surface area (Å²) in [6.45, 7) is 5.34. The minimum absolute atomic E-state index is 0.00738. The fourth-order valence-electron chi connectivity index (χ4n) is 4.32. The van der Waals surface area contributed by atoms with Crippen LogP contribution in [0.15, 0.2) is 24.3 Å². The standard InChI is InChI=1S/C21H23F3N4O3/c1-12-9-14(21(22,23)24)10-17(30)20(12)15-3-4-19(26-25-15)28-7-8-31-18-5-6-27(13(2)29)11-16(18)28/h3-4,9-10,16,18,30H,5-8,11H2,1-2H3/t16-,18+/m0/s1. The van der Waals surface area contributed by atoms with Crippen LogP contribution in [-0.4, -0.2) is 64.5 Å². The van der Waals surface area contributed by atoms with Crippen molar-refractivity contribution in [3.05, 3.63) is 35.4 Å². The average molecular weight is 436 g/mol. The maximum absolute atomic E-state index is 13.0. The molecule has 166 valence electrons. The first-order valence-electron chi connectivity index (χ1n) is 10.0. The number of fused-ring (bicyclic) bond motifs is 1. The molecule has 1 aromatic heterocycles. The van der Waals surface area contributed by atoms with Crippen molar-refractivity contribution in [3.8, 4) is 17.0 Å². The van der Waals surface area contributed by atoms with Gasteiger partial charge in [-0.25, -0.2) is 0 Å². The lowest BCUT2D eigenvalue weighted by Crippen LogP contribution is -2.61. The van der Waals surface area contributed by atoms with E-state index in [9.17, 15) is 23.1 Å². The minimum Gasteiger partial charge on any atom is -0.507 e. The number of carbonyl (C=O) groups excluding carboxylic acids is 1. The van der Waals surface area contributed by atoms with Gasteiger partial charge in [0.1, 0.15) is 5.75 Å². The maximum atomic E-state index is 13.0. The molecule has 31 heavy (non-hydrogen) atoms. The van der Waals surface area contributed by atoms with Crippen LogP contribution in [-0.2, 0) is 15.7 Å². The van der Waals surface area contributed by atoms with Gasteiger partial charge in [0, 0.05) is 32.1 Å². The van der Waals surface area contributed by atoms with Crippen LogP contribution in [0.1, 0.15) is 24.5 Å². The number of hydrogen-bond donors (Lipinski definition) is 1. The molecule has 0 radical (unpaired) electrons. The molecule has 3 heterocycles. The third-order valence-electron chi connectivity index (χ3n) is 5.87. The lowest BCUT2D eigenvalue weighted by molar-refractivity contribution is -0.137. The summed E-state index contributed by atoms with van der Waals surface area (Å²) in [5, 5.41) is 18.7.